The summed E-state index contributed by atoms with van der Waals surface area (Å²) in [6.07, 6.45) is 13.4. The molecule has 0 aromatic rings. The number of hydrogen-bond donors (Lipinski definition) is 2. The van der Waals surface area contributed by atoms with Gasteiger partial charge in [-0.3, -0.25) is 0 Å². The molecule has 32 heavy (non-hydrogen) atoms. The summed E-state index contributed by atoms with van der Waals surface area (Å²) >= 11 is 0. The van der Waals surface area contributed by atoms with Crippen molar-refractivity contribution in [3.63, 3.8) is 0 Å². The van der Waals surface area contributed by atoms with Gasteiger partial charge in [0.15, 0.2) is 0 Å². The third-order valence-corrected chi connectivity index (χ3v) is 13.2. The van der Waals surface area contributed by atoms with Gasteiger partial charge in [0.05, 0.1) is 6.10 Å². The molecule has 2 N–H and O–H groups in total. The first-order chi connectivity index (χ1) is 14.8. The molecule has 5 aliphatic carbocycles. The van der Waals surface area contributed by atoms with Crippen LogP contribution >= 0.6 is 0 Å². The van der Waals surface area contributed by atoms with E-state index < -0.39 is 0 Å². The Kier molecular flexibility index (Phi) is 5.02. The number of aliphatic hydroxyl groups excluding tert-OH is 2. The largest absolute Gasteiger partial charge is 0.396 e. The maximum absolute atomic E-state index is 10.9. The maximum atomic E-state index is 10.9. The van der Waals surface area contributed by atoms with E-state index in [9.17, 15) is 10.2 Å². The Morgan fingerprint density at radius 3 is 2.12 bits per heavy atom. The molecule has 0 bridgehead atoms. The summed E-state index contributed by atoms with van der Waals surface area (Å²) in [6, 6.07) is 0. The van der Waals surface area contributed by atoms with Crippen molar-refractivity contribution < 1.29 is 10.2 Å². The van der Waals surface area contributed by atoms with E-state index in [1.165, 1.54) is 57.8 Å². The van der Waals surface area contributed by atoms with Gasteiger partial charge in [-0.05, 0) is 115 Å². The molecule has 0 spiro atoms. The molecule has 182 valence electrons. The van der Waals surface area contributed by atoms with Crippen LogP contribution in [0.5, 0.6) is 0 Å². The molecule has 0 saturated heterocycles. The second kappa shape index (κ2) is 6.87. The highest BCUT2D eigenvalue weighted by atomic mass is 16.3. The SMILES string of the molecule is CC1(C)[C@@H](O)CC[C@]2(C)C3=C(CC[C@@H]12)[C@]1(C)CC[C@@]2(C)CC[C@@](C)(CO)C[C@H]2[C@@]1(C)CC3. The maximum Gasteiger partial charge on any atom is 0.0594 e. The van der Waals surface area contributed by atoms with Crippen molar-refractivity contribution in [3.05, 3.63) is 11.1 Å². The molecule has 0 heterocycles. The Hall–Kier alpha value is -0.340. The summed E-state index contributed by atoms with van der Waals surface area (Å²) < 4.78 is 0. The van der Waals surface area contributed by atoms with E-state index >= 15 is 0 Å². The van der Waals surface area contributed by atoms with Crippen molar-refractivity contribution in [3.8, 4) is 0 Å². The molecule has 3 saturated carbocycles. The minimum absolute atomic E-state index is 0.0185. The lowest BCUT2D eigenvalue weighted by Crippen LogP contribution is -2.61. The second-order valence-corrected chi connectivity index (χ2v) is 15.0. The van der Waals surface area contributed by atoms with Crippen LogP contribution in [0.15, 0.2) is 11.1 Å². The average molecular weight is 443 g/mol. The summed E-state index contributed by atoms with van der Waals surface area (Å²) in [5, 5.41) is 21.1. The smallest absolute Gasteiger partial charge is 0.0594 e. The van der Waals surface area contributed by atoms with Crippen LogP contribution in [0.25, 0.3) is 0 Å². The summed E-state index contributed by atoms with van der Waals surface area (Å²) in [5.41, 5.74) is 5.13. The van der Waals surface area contributed by atoms with Gasteiger partial charge in [-0.15, -0.1) is 0 Å². The van der Waals surface area contributed by atoms with Gasteiger partial charge in [-0.2, -0.15) is 0 Å². The number of hydrogen-bond acceptors (Lipinski definition) is 2. The predicted octanol–water partition coefficient (Wildman–Crippen LogP) is 7.29. The van der Waals surface area contributed by atoms with Crippen molar-refractivity contribution in [2.75, 3.05) is 6.61 Å². The molecule has 2 nitrogen and oxygen atoms in total. The lowest BCUT2D eigenvalue weighted by atomic mass is 9.35. The highest BCUT2D eigenvalue weighted by Crippen LogP contribution is 2.75. The topological polar surface area (TPSA) is 40.5 Å². The van der Waals surface area contributed by atoms with Gasteiger partial charge in [-0.25, -0.2) is 0 Å². The molecule has 5 rings (SSSR count). The normalized spacial score (nSPS) is 54.8. The monoisotopic (exact) mass is 442 g/mol. The number of aliphatic hydroxyl groups is 2. The molecule has 5 aliphatic rings. The quantitative estimate of drug-likeness (QED) is 0.419. The van der Waals surface area contributed by atoms with Crippen molar-refractivity contribution in [2.24, 2.45) is 44.3 Å². The lowest BCUT2D eigenvalue weighted by molar-refractivity contribution is -0.161. The molecular formula is C30H50O2. The van der Waals surface area contributed by atoms with Gasteiger partial charge in [0.2, 0.25) is 0 Å². The van der Waals surface area contributed by atoms with Crippen LogP contribution in [-0.4, -0.2) is 22.9 Å². The van der Waals surface area contributed by atoms with Crippen molar-refractivity contribution in [2.45, 2.75) is 125 Å². The van der Waals surface area contributed by atoms with Crippen LogP contribution in [0.2, 0.25) is 0 Å². The van der Waals surface area contributed by atoms with E-state index in [4.69, 9.17) is 0 Å². The number of allylic oxidation sites excluding steroid dienone is 2. The molecule has 3 fully saturated rings. The van der Waals surface area contributed by atoms with E-state index in [0.717, 1.165) is 12.8 Å². The van der Waals surface area contributed by atoms with Crippen molar-refractivity contribution in [1.82, 2.24) is 0 Å². The van der Waals surface area contributed by atoms with Gasteiger partial charge in [-0.1, -0.05) is 59.6 Å². The first-order valence-corrected chi connectivity index (χ1v) is 13.8. The number of rotatable bonds is 1. The Morgan fingerprint density at radius 1 is 0.750 bits per heavy atom. The third kappa shape index (κ3) is 2.78. The number of fused-ring (bicyclic) bond motifs is 6. The van der Waals surface area contributed by atoms with Crippen LogP contribution in [0.4, 0.5) is 0 Å². The Labute approximate surface area is 197 Å². The molecule has 0 aromatic heterocycles. The first-order valence-electron chi connectivity index (χ1n) is 13.8. The zero-order valence-electron chi connectivity index (χ0n) is 22.1. The molecule has 8 atom stereocenters. The molecule has 0 aromatic carbocycles. The van der Waals surface area contributed by atoms with E-state index in [0.29, 0.717) is 34.7 Å². The highest BCUT2D eigenvalue weighted by molar-refractivity contribution is 5.38. The lowest BCUT2D eigenvalue weighted by Gasteiger charge is -2.69. The van der Waals surface area contributed by atoms with Gasteiger partial charge in [0, 0.05) is 6.61 Å². The zero-order valence-corrected chi connectivity index (χ0v) is 22.1. The van der Waals surface area contributed by atoms with Crippen molar-refractivity contribution in [1.29, 1.82) is 0 Å². The molecular weight excluding hydrogens is 392 g/mol. The molecule has 0 unspecified atom stereocenters. The third-order valence-electron chi connectivity index (χ3n) is 13.2. The minimum Gasteiger partial charge on any atom is -0.396 e. The van der Waals surface area contributed by atoms with E-state index in [1.807, 2.05) is 11.1 Å². The average Bonchev–Trinajstić information content (AvgIpc) is 2.74. The van der Waals surface area contributed by atoms with Gasteiger partial charge in [0.25, 0.3) is 0 Å². The van der Waals surface area contributed by atoms with Crippen LogP contribution in [-0.2, 0) is 0 Å². The van der Waals surface area contributed by atoms with Gasteiger partial charge in [0.1, 0.15) is 0 Å². The Morgan fingerprint density at radius 2 is 1.44 bits per heavy atom. The van der Waals surface area contributed by atoms with E-state index in [2.05, 4.69) is 48.5 Å². The van der Waals surface area contributed by atoms with E-state index in [1.54, 1.807) is 0 Å². The molecule has 0 radical (unpaired) electrons. The predicted molar refractivity (Wildman–Crippen MR) is 132 cm³/mol. The highest BCUT2D eigenvalue weighted by Gasteiger charge is 2.66. The fraction of sp³-hybridized carbons (Fsp3) is 0.933. The molecule has 0 amide bonds. The minimum atomic E-state index is -0.152. The summed E-state index contributed by atoms with van der Waals surface area (Å²) in [7, 11) is 0. The Balaban J connectivity index is 1.58. The van der Waals surface area contributed by atoms with Gasteiger partial charge < -0.3 is 10.2 Å². The van der Waals surface area contributed by atoms with Gasteiger partial charge >= 0.3 is 0 Å². The second-order valence-electron chi connectivity index (χ2n) is 15.0. The van der Waals surface area contributed by atoms with Crippen LogP contribution in [0.3, 0.4) is 0 Å². The van der Waals surface area contributed by atoms with Crippen LogP contribution in [0.1, 0.15) is 119 Å². The molecule has 2 heteroatoms. The summed E-state index contributed by atoms with van der Waals surface area (Å²) in [5.74, 6) is 1.32. The van der Waals surface area contributed by atoms with Crippen LogP contribution < -0.4 is 0 Å². The summed E-state index contributed by atoms with van der Waals surface area (Å²) in [4.78, 5) is 0. The van der Waals surface area contributed by atoms with E-state index in [-0.39, 0.29) is 22.3 Å². The zero-order chi connectivity index (χ0) is 23.4. The fourth-order valence-electron chi connectivity index (χ4n) is 10.5. The summed E-state index contributed by atoms with van der Waals surface area (Å²) in [6.45, 7) is 17.8. The van der Waals surface area contributed by atoms with Crippen molar-refractivity contribution >= 4 is 0 Å². The first kappa shape index (κ1) is 23.4. The fourth-order valence-corrected chi connectivity index (χ4v) is 10.5. The Bertz CT molecular complexity index is 827. The molecule has 0 aliphatic heterocycles. The standard InChI is InChI=1S/C30H50O2/c1-25(2)22-9-8-21-20(28(22,5)12-11-24(25)32)10-13-30(7)23-18-26(3,19-31)14-15-27(23,4)16-17-29(21,30)6/h22-24,31-32H,8-19H2,1-7H3/t22-,23+,24-,26+,27+,28+,29-,30+/m0/s1. The van der Waals surface area contributed by atoms with Crippen LogP contribution in [0, 0.1) is 44.3 Å².